The molecule has 0 saturated heterocycles. The molecule has 1 aromatic carbocycles. The van der Waals surface area contributed by atoms with Crippen molar-refractivity contribution < 1.29 is 4.74 Å². The number of aromatic nitrogens is 1. The number of hydrogen-bond acceptors (Lipinski definition) is 4. The minimum Gasteiger partial charge on any atom is -0.473 e. The molecule has 4 nitrogen and oxygen atoms in total. The van der Waals surface area contributed by atoms with Gasteiger partial charge in [0.05, 0.1) is 0 Å². The maximum atomic E-state index is 5.53. The quantitative estimate of drug-likeness (QED) is 0.604. The van der Waals surface area contributed by atoms with E-state index < -0.39 is 0 Å². The lowest BCUT2D eigenvalue weighted by molar-refractivity contribution is 0.294. The first-order chi connectivity index (χ1) is 7.88. The van der Waals surface area contributed by atoms with Gasteiger partial charge in [0.2, 0.25) is 5.88 Å². The predicted octanol–water partition coefficient (Wildman–Crippen LogP) is 1.95. The number of nitrogens with one attached hydrogen (secondary N) is 1. The Labute approximate surface area is 94.0 Å². The van der Waals surface area contributed by atoms with Crippen LogP contribution in [0.15, 0.2) is 48.5 Å². The van der Waals surface area contributed by atoms with E-state index in [1.165, 1.54) is 0 Å². The van der Waals surface area contributed by atoms with Crippen LogP contribution in [0.1, 0.15) is 5.56 Å². The second kappa shape index (κ2) is 5.14. The van der Waals surface area contributed by atoms with Crippen molar-refractivity contribution >= 4 is 5.82 Å². The Hall–Kier alpha value is -2.07. The molecular weight excluding hydrogens is 202 g/mol. The number of hydrogen-bond donors (Lipinski definition) is 2. The second-order valence-electron chi connectivity index (χ2n) is 3.28. The lowest BCUT2D eigenvalue weighted by atomic mass is 10.2. The molecule has 0 aliphatic carbocycles. The smallest absolute Gasteiger partial charge is 0.215 e. The van der Waals surface area contributed by atoms with Crippen LogP contribution in [0.5, 0.6) is 5.88 Å². The zero-order valence-electron chi connectivity index (χ0n) is 8.76. The summed E-state index contributed by atoms with van der Waals surface area (Å²) in [5.41, 5.74) is 3.58. The summed E-state index contributed by atoms with van der Waals surface area (Å²) in [5, 5.41) is 0. The molecule has 82 valence electrons. The van der Waals surface area contributed by atoms with E-state index in [1.807, 2.05) is 36.4 Å². The third-order valence-corrected chi connectivity index (χ3v) is 2.10. The van der Waals surface area contributed by atoms with Gasteiger partial charge in [-0.25, -0.2) is 5.84 Å². The summed E-state index contributed by atoms with van der Waals surface area (Å²) in [6.45, 7) is 0.502. The number of benzene rings is 1. The SMILES string of the molecule is NNc1cccc(OCc2ccccc2)n1. The number of nitrogens with zero attached hydrogens (tertiary/aromatic N) is 1. The summed E-state index contributed by atoms with van der Waals surface area (Å²) in [6, 6.07) is 15.3. The van der Waals surface area contributed by atoms with Crippen molar-refractivity contribution in [1.29, 1.82) is 0 Å². The van der Waals surface area contributed by atoms with Gasteiger partial charge >= 0.3 is 0 Å². The van der Waals surface area contributed by atoms with Crippen molar-refractivity contribution in [2.45, 2.75) is 6.61 Å². The Balaban J connectivity index is 1.99. The van der Waals surface area contributed by atoms with Gasteiger partial charge < -0.3 is 10.2 Å². The van der Waals surface area contributed by atoms with Crippen molar-refractivity contribution in [3.05, 3.63) is 54.1 Å². The minimum atomic E-state index is 0.502. The molecule has 0 atom stereocenters. The zero-order valence-corrected chi connectivity index (χ0v) is 8.76. The fraction of sp³-hybridized carbons (Fsp3) is 0.0833. The van der Waals surface area contributed by atoms with E-state index in [2.05, 4.69) is 10.4 Å². The number of ether oxygens (including phenoxy) is 1. The third kappa shape index (κ3) is 2.71. The molecule has 0 unspecified atom stereocenters. The maximum absolute atomic E-state index is 5.53. The van der Waals surface area contributed by atoms with Crippen LogP contribution in [-0.4, -0.2) is 4.98 Å². The van der Waals surface area contributed by atoms with Crippen LogP contribution < -0.4 is 16.0 Å². The van der Waals surface area contributed by atoms with Crippen LogP contribution in [0, 0.1) is 0 Å². The average molecular weight is 215 g/mol. The second-order valence-corrected chi connectivity index (χ2v) is 3.28. The first-order valence-electron chi connectivity index (χ1n) is 4.99. The van der Waals surface area contributed by atoms with Crippen molar-refractivity contribution in [3.63, 3.8) is 0 Å². The Bertz CT molecular complexity index is 445. The van der Waals surface area contributed by atoms with Crippen molar-refractivity contribution in [2.24, 2.45) is 5.84 Å². The molecule has 1 heterocycles. The van der Waals surface area contributed by atoms with Crippen LogP contribution in [0.3, 0.4) is 0 Å². The molecule has 0 radical (unpaired) electrons. The molecule has 0 saturated carbocycles. The lowest BCUT2D eigenvalue weighted by Gasteiger charge is -2.06. The van der Waals surface area contributed by atoms with Crippen LogP contribution in [-0.2, 0) is 6.61 Å². The summed E-state index contributed by atoms with van der Waals surface area (Å²) < 4.78 is 5.53. The molecule has 2 rings (SSSR count). The molecule has 0 aliphatic rings. The largest absolute Gasteiger partial charge is 0.473 e. The van der Waals surface area contributed by atoms with E-state index in [0.29, 0.717) is 18.3 Å². The van der Waals surface area contributed by atoms with E-state index in [1.54, 1.807) is 12.1 Å². The van der Waals surface area contributed by atoms with E-state index in [9.17, 15) is 0 Å². The van der Waals surface area contributed by atoms with Gasteiger partial charge in [-0.1, -0.05) is 36.4 Å². The highest BCUT2D eigenvalue weighted by molar-refractivity contribution is 5.35. The van der Waals surface area contributed by atoms with E-state index >= 15 is 0 Å². The van der Waals surface area contributed by atoms with Gasteiger partial charge in [0.25, 0.3) is 0 Å². The van der Waals surface area contributed by atoms with Gasteiger partial charge in [-0.2, -0.15) is 4.98 Å². The van der Waals surface area contributed by atoms with Gasteiger partial charge in [-0.3, -0.25) is 0 Å². The van der Waals surface area contributed by atoms with Gasteiger partial charge in [0, 0.05) is 6.07 Å². The normalized spacial score (nSPS) is 9.81. The van der Waals surface area contributed by atoms with Crippen LogP contribution in [0.4, 0.5) is 5.82 Å². The fourth-order valence-electron chi connectivity index (χ4n) is 1.31. The monoisotopic (exact) mass is 215 g/mol. The Morgan fingerprint density at radius 2 is 1.88 bits per heavy atom. The molecular formula is C12H13N3O. The number of pyridine rings is 1. The highest BCUT2D eigenvalue weighted by Gasteiger charge is 1.97. The van der Waals surface area contributed by atoms with Gasteiger partial charge in [-0.15, -0.1) is 0 Å². The highest BCUT2D eigenvalue weighted by atomic mass is 16.5. The Kier molecular flexibility index (Phi) is 3.35. The summed E-state index contributed by atoms with van der Waals surface area (Å²) in [4.78, 5) is 4.15. The molecule has 2 aromatic rings. The van der Waals surface area contributed by atoms with Gasteiger partial charge in [-0.05, 0) is 11.6 Å². The first kappa shape index (κ1) is 10.4. The summed E-state index contributed by atoms with van der Waals surface area (Å²) in [6.07, 6.45) is 0. The minimum absolute atomic E-state index is 0.502. The third-order valence-electron chi connectivity index (χ3n) is 2.10. The molecule has 3 N–H and O–H groups in total. The van der Waals surface area contributed by atoms with E-state index in [-0.39, 0.29) is 0 Å². The molecule has 0 aliphatic heterocycles. The summed E-state index contributed by atoms with van der Waals surface area (Å²) >= 11 is 0. The molecule has 0 spiro atoms. The topological polar surface area (TPSA) is 60.2 Å². The molecule has 16 heavy (non-hydrogen) atoms. The fourth-order valence-corrected chi connectivity index (χ4v) is 1.31. The molecule has 0 bridgehead atoms. The molecule has 4 heteroatoms. The van der Waals surface area contributed by atoms with E-state index in [4.69, 9.17) is 10.6 Å². The maximum Gasteiger partial charge on any atom is 0.215 e. The summed E-state index contributed by atoms with van der Waals surface area (Å²) in [7, 11) is 0. The standard InChI is InChI=1S/C12H13N3O/c13-15-11-7-4-8-12(14-11)16-9-10-5-2-1-3-6-10/h1-8H,9,13H2,(H,14,15). The van der Waals surface area contributed by atoms with Gasteiger partial charge in [0.1, 0.15) is 12.4 Å². The van der Waals surface area contributed by atoms with Crippen LogP contribution in [0.25, 0.3) is 0 Å². The molecule has 0 amide bonds. The van der Waals surface area contributed by atoms with Crippen molar-refractivity contribution in [1.82, 2.24) is 4.98 Å². The average Bonchev–Trinajstić information content (AvgIpc) is 2.38. The Morgan fingerprint density at radius 1 is 1.06 bits per heavy atom. The predicted molar refractivity (Wildman–Crippen MR) is 62.8 cm³/mol. The van der Waals surface area contributed by atoms with Crippen molar-refractivity contribution in [3.8, 4) is 5.88 Å². The van der Waals surface area contributed by atoms with E-state index in [0.717, 1.165) is 5.56 Å². The van der Waals surface area contributed by atoms with Crippen molar-refractivity contribution in [2.75, 3.05) is 5.43 Å². The van der Waals surface area contributed by atoms with Gasteiger partial charge in [0.15, 0.2) is 0 Å². The summed E-state index contributed by atoms with van der Waals surface area (Å²) in [5.74, 6) is 6.40. The number of anilines is 1. The van der Waals surface area contributed by atoms with Crippen LogP contribution in [0.2, 0.25) is 0 Å². The lowest BCUT2D eigenvalue weighted by Crippen LogP contribution is -2.08. The molecule has 1 aromatic heterocycles. The van der Waals surface area contributed by atoms with Crippen LogP contribution >= 0.6 is 0 Å². The number of nitrogen functional groups attached to an aromatic ring is 1. The first-order valence-corrected chi connectivity index (χ1v) is 4.99. The number of nitrogens with two attached hydrogens (primary N) is 1. The molecule has 0 fully saturated rings. The highest BCUT2D eigenvalue weighted by Crippen LogP contribution is 2.12. The number of hydrazine groups is 1. The zero-order chi connectivity index (χ0) is 11.2. The number of rotatable bonds is 4. The Morgan fingerprint density at radius 3 is 2.62 bits per heavy atom.